The standard InChI is InChI=1S/C10H10N2OS2.BrH/c1-12-5-4-11-10(12)15-7-8(13)9-3-2-6-14-9;/h2-6H,7H2,1H3;1H/p-1. The average Bonchev–Trinajstić information content (AvgIpc) is 2.85. The predicted molar refractivity (Wildman–Crippen MR) is 62.6 cm³/mol. The van der Waals surface area contributed by atoms with E-state index in [9.17, 15) is 4.79 Å². The van der Waals surface area contributed by atoms with Gasteiger partial charge in [-0.15, -0.1) is 11.3 Å². The van der Waals surface area contributed by atoms with Gasteiger partial charge in [0.1, 0.15) is 0 Å². The van der Waals surface area contributed by atoms with E-state index in [4.69, 9.17) is 0 Å². The Kier molecular flexibility index (Phi) is 5.24. The van der Waals surface area contributed by atoms with Crippen LogP contribution in [0.1, 0.15) is 9.67 Å². The maximum atomic E-state index is 11.7. The van der Waals surface area contributed by atoms with Crippen molar-refractivity contribution in [3.63, 3.8) is 0 Å². The fourth-order valence-corrected chi connectivity index (χ4v) is 2.70. The molecule has 0 atom stereocenters. The van der Waals surface area contributed by atoms with Crippen molar-refractivity contribution in [2.75, 3.05) is 5.75 Å². The van der Waals surface area contributed by atoms with E-state index in [2.05, 4.69) is 4.98 Å². The number of aromatic nitrogens is 2. The molecule has 0 fully saturated rings. The van der Waals surface area contributed by atoms with E-state index in [-0.39, 0.29) is 22.8 Å². The largest absolute Gasteiger partial charge is 1.00 e. The summed E-state index contributed by atoms with van der Waals surface area (Å²) in [6.45, 7) is 0. The Morgan fingerprint density at radius 1 is 1.62 bits per heavy atom. The number of ketones is 1. The third kappa shape index (κ3) is 3.20. The van der Waals surface area contributed by atoms with Gasteiger partial charge in [0, 0.05) is 19.4 Å². The predicted octanol–water partition coefficient (Wildman–Crippen LogP) is -0.539. The summed E-state index contributed by atoms with van der Waals surface area (Å²) in [4.78, 5) is 16.6. The van der Waals surface area contributed by atoms with Crippen LogP contribution in [0.3, 0.4) is 0 Å². The van der Waals surface area contributed by atoms with Gasteiger partial charge in [0.2, 0.25) is 0 Å². The Bertz CT molecular complexity index is 453. The molecule has 0 saturated heterocycles. The lowest BCUT2D eigenvalue weighted by atomic mass is 10.4. The molecule has 2 aromatic heterocycles. The van der Waals surface area contributed by atoms with E-state index in [0.29, 0.717) is 5.75 Å². The van der Waals surface area contributed by atoms with Gasteiger partial charge in [-0.1, -0.05) is 17.8 Å². The smallest absolute Gasteiger partial charge is 0.183 e. The Balaban J connectivity index is 0.00000128. The molecule has 6 heteroatoms. The number of rotatable bonds is 4. The van der Waals surface area contributed by atoms with Crippen LogP contribution in [0, 0.1) is 0 Å². The Morgan fingerprint density at radius 2 is 2.44 bits per heavy atom. The van der Waals surface area contributed by atoms with Gasteiger partial charge in [-0.05, 0) is 11.4 Å². The van der Waals surface area contributed by atoms with Gasteiger partial charge in [-0.2, -0.15) is 0 Å². The number of thioether (sulfide) groups is 1. The second-order valence-electron chi connectivity index (χ2n) is 3.01. The van der Waals surface area contributed by atoms with Crippen molar-refractivity contribution in [2.45, 2.75) is 5.16 Å². The number of halogens is 1. The first-order valence-corrected chi connectivity index (χ1v) is 6.31. The summed E-state index contributed by atoms with van der Waals surface area (Å²) in [7, 11) is 1.92. The Hall–Kier alpha value is -0.590. The maximum absolute atomic E-state index is 11.7. The lowest BCUT2D eigenvalue weighted by Crippen LogP contribution is -3.00. The quantitative estimate of drug-likeness (QED) is 0.561. The average molecular weight is 318 g/mol. The van der Waals surface area contributed by atoms with Crippen LogP contribution < -0.4 is 17.0 Å². The monoisotopic (exact) mass is 317 g/mol. The Labute approximate surface area is 113 Å². The molecule has 0 bridgehead atoms. The summed E-state index contributed by atoms with van der Waals surface area (Å²) in [5, 5.41) is 2.79. The molecule has 0 aromatic carbocycles. The van der Waals surface area contributed by atoms with E-state index < -0.39 is 0 Å². The Morgan fingerprint density at radius 3 is 3.00 bits per heavy atom. The highest BCUT2D eigenvalue weighted by Crippen LogP contribution is 2.18. The maximum Gasteiger partial charge on any atom is 0.183 e. The molecule has 0 saturated carbocycles. The van der Waals surface area contributed by atoms with Crippen LogP contribution >= 0.6 is 23.1 Å². The fraction of sp³-hybridized carbons (Fsp3) is 0.200. The summed E-state index contributed by atoms with van der Waals surface area (Å²) in [5.41, 5.74) is 0. The van der Waals surface area contributed by atoms with Gasteiger partial charge < -0.3 is 21.5 Å². The zero-order valence-corrected chi connectivity index (χ0v) is 11.8. The van der Waals surface area contributed by atoms with Crippen LogP contribution in [0.5, 0.6) is 0 Å². The number of carbonyl (C=O) groups excluding carboxylic acids is 1. The lowest BCUT2D eigenvalue weighted by molar-refractivity contribution is -0.0000109. The van der Waals surface area contributed by atoms with Crippen LogP contribution in [-0.4, -0.2) is 21.1 Å². The SMILES string of the molecule is Cn1ccnc1SCC(=O)c1cccs1.[Br-]. The first-order valence-electron chi connectivity index (χ1n) is 4.44. The van der Waals surface area contributed by atoms with Gasteiger partial charge in [-0.3, -0.25) is 4.79 Å². The number of imidazole rings is 1. The van der Waals surface area contributed by atoms with Gasteiger partial charge in [-0.25, -0.2) is 4.98 Å². The summed E-state index contributed by atoms with van der Waals surface area (Å²) in [6.07, 6.45) is 3.61. The van der Waals surface area contributed by atoms with E-state index in [1.165, 1.54) is 23.1 Å². The molecule has 0 spiro atoms. The van der Waals surface area contributed by atoms with Crippen molar-refractivity contribution in [1.29, 1.82) is 0 Å². The molecule has 0 aliphatic rings. The molecule has 16 heavy (non-hydrogen) atoms. The molecular weight excluding hydrogens is 308 g/mol. The molecule has 2 rings (SSSR count). The van der Waals surface area contributed by atoms with Gasteiger partial charge >= 0.3 is 0 Å². The number of aryl methyl sites for hydroxylation is 1. The molecule has 0 amide bonds. The van der Waals surface area contributed by atoms with E-state index in [1.54, 1.807) is 6.20 Å². The third-order valence-corrected chi connectivity index (χ3v) is 3.87. The highest BCUT2D eigenvalue weighted by Gasteiger charge is 2.08. The summed E-state index contributed by atoms with van der Waals surface area (Å²) < 4.78 is 1.91. The summed E-state index contributed by atoms with van der Waals surface area (Å²) in [6, 6.07) is 3.75. The number of hydrogen-bond donors (Lipinski definition) is 0. The normalized spacial score (nSPS) is 9.81. The summed E-state index contributed by atoms with van der Waals surface area (Å²) >= 11 is 2.95. The van der Waals surface area contributed by atoms with Gasteiger partial charge in [0.05, 0.1) is 10.6 Å². The number of carbonyl (C=O) groups is 1. The highest BCUT2D eigenvalue weighted by molar-refractivity contribution is 7.99. The first-order chi connectivity index (χ1) is 7.27. The molecule has 0 unspecified atom stereocenters. The van der Waals surface area contributed by atoms with Crippen LogP contribution in [0.25, 0.3) is 0 Å². The third-order valence-electron chi connectivity index (χ3n) is 1.91. The second-order valence-corrected chi connectivity index (χ2v) is 4.90. The molecular formula is C10H10BrN2OS2-. The number of nitrogens with zero attached hydrogens (tertiary/aromatic N) is 2. The van der Waals surface area contributed by atoms with E-state index in [0.717, 1.165) is 10.0 Å². The zero-order valence-electron chi connectivity index (χ0n) is 8.59. The first kappa shape index (κ1) is 13.5. The number of thiophene rings is 1. The fourth-order valence-electron chi connectivity index (χ4n) is 1.13. The minimum Gasteiger partial charge on any atom is -1.00 e. The molecule has 0 N–H and O–H groups in total. The van der Waals surface area contributed by atoms with Gasteiger partial charge in [0.15, 0.2) is 10.9 Å². The van der Waals surface area contributed by atoms with E-state index >= 15 is 0 Å². The number of hydrogen-bond acceptors (Lipinski definition) is 4. The van der Waals surface area contributed by atoms with Crippen molar-refractivity contribution < 1.29 is 21.8 Å². The van der Waals surface area contributed by atoms with Crippen molar-refractivity contribution in [2.24, 2.45) is 7.05 Å². The molecule has 0 aliphatic carbocycles. The minimum atomic E-state index is 0. The molecule has 3 nitrogen and oxygen atoms in total. The van der Waals surface area contributed by atoms with E-state index in [1.807, 2.05) is 35.3 Å². The number of Topliss-reactive ketones (excluding diaryl/α,β-unsaturated/α-hetero) is 1. The van der Waals surface area contributed by atoms with Crippen molar-refractivity contribution in [3.05, 3.63) is 34.8 Å². The van der Waals surface area contributed by atoms with Crippen molar-refractivity contribution in [1.82, 2.24) is 9.55 Å². The van der Waals surface area contributed by atoms with Crippen molar-refractivity contribution in [3.8, 4) is 0 Å². The lowest BCUT2D eigenvalue weighted by Gasteiger charge is -1.99. The molecule has 2 heterocycles. The molecule has 0 aliphatic heterocycles. The second kappa shape index (κ2) is 6.22. The minimum absolute atomic E-state index is 0. The van der Waals surface area contributed by atoms with Crippen LogP contribution in [0.2, 0.25) is 0 Å². The van der Waals surface area contributed by atoms with Crippen LogP contribution in [0.4, 0.5) is 0 Å². The molecule has 2 aromatic rings. The zero-order chi connectivity index (χ0) is 10.7. The highest BCUT2D eigenvalue weighted by atomic mass is 79.9. The molecule has 86 valence electrons. The van der Waals surface area contributed by atoms with Crippen molar-refractivity contribution >= 4 is 28.9 Å². The summed E-state index contributed by atoms with van der Waals surface area (Å²) in [5.74, 6) is 0.615. The van der Waals surface area contributed by atoms with Gasteiger partial charge in [0.25, 0.3) is 0 Å². The van der Waals surface area contributed by atoms with Crippen LogP contribution in [0.15, 0.2) is 35.1 Å². The van der Waals surface area contributed by atoms with Crippen LogP contribution in [-0.2, 0) is 7.05 Å². The molecule has 0 radical (unpaired) electrons. The topological polar surface area (TPSA) is 34.9 Å².